The van der Waals surface area contributed by atoms with Gasteiger partial charge in [-0.25, -0.2) is 0 Å². The highest BCUT2D eigenvalue weighted by Crippen LogP contribution is 2.21. The fourth-order valence-electron chi connectivity index (χ4n) is 1.71. The van der Waals surface area contributed by atoms with E-state index in [1.54, 1.807) is 0 Å². The lowest BCUT2D eigenvalue weighted by Gasteiger charge is -2.13. The van der Waals surface area contributed by atoms with E-state index in [9.17, 15) is 9.59 Å². The van der Waals surface area contributed by atoms with Gasteiger partial charge in [-0.15, -0.1) is 11.3 Å². The summed E-state index contributed by atoms with van der Waals surface area (Å²) in [4.78, 5) is 24.3. The zero-order chi connectivity index (χ0) is 14.4. The number of thiophene rings is 1. The van der Waals surface area contributed by atoms with E-state index in [2.05, 4.69) is 5.32 Å². The van der Waals surface area contributed by atoms with Crippen molar-refractivity contribution in [3.8, 4) is 0 Å². The van der Waals surface area contributed by atoms with Crippen molar-refractivity contribution in [1.82, 2.24) is 5.32 Å². The first kappa shape index (κ1) is 15.7. The first-order chi connectivity index (χ1) is 8.97. The summed E-state index contributed by atoms with van der Waals surface area (Å²) in [6.07, 6.45) is 0.267. The molecule has 1 amide bonds. The van der Waals surface area contributed by atoms with Crippen LogP contribution in [0.25, 0.3) is 0 Å². The van der Waals surface area contributed by atoms with Gasteiger partial charge >= 0.3 is 5.97 Å². The van der Waals surface area contributed by atoms with Crippen LogP contribution in [0.2, 0.25) is 0 Å². The molecule has 0 aliphatic rings. The summed E-state index contributed by atoms with van der Waals surface area (Å²) in [5, 5.41) is 11.4. The molecule has 1 aromatic rings. The lowest BCUT2D eigenvalue weighted by Crippen LogP contribution is -2.34. The molecular weight excluding hydrogens is 266 g/mol. The molecule has 0 saturated heterocycles. The summed E-state index contributed by atoms with van der Waals surface area (Å²) >= 11 is 1.45. The zero-order valence-electron chi connectivity index (χ0n) is 11.4. The van der Waals surface area contributed by atoms with Gasteiger partial charge in [-0.3, -0.25) is 9.59 Å². The molecule has 5 nitrogen and oxygen atoms in total. The predicted molar refractivity (Wildman–Crippen MR) is 73.8 cm³/mol. The summed E-state index contributed by atoms with van der Waals surface area (Å²) in [6.45, 7) is 4.23. The minimum Gasteiger partial charge on any atom is -0.481 e. The molecule has 1 unspecified atom stereocenters. The number of hydrogen-bond acceptors (Lipinski definition) is 4. The van der Waals surface area contributed by atoms with E-state index in [-0.39, 0.29) is 18.9 Å². The van der Waals surface area contributed by atoms with Gasteiger partial charge in [0.1, 0.15) is 0 Å². The van der Waals surface area contributed by atoms with Crippen molar-refractivity contribution in [2.75, 3.05) is 13.7 Å². The van der Waals surface area contributed by atoms with E-state index < -0.39 is 12.1 Å². The fraction of sp³-hybridized carbons (Fsp3) is 0.538. The number of carbonyl (C=O) groups is 2. The molecule has 6 heteroatoms. The van der Waals surface area contributed by atoms with Crippen LogP contribution in [0.3, 0.4) is 0 Å². The van der Waals surface area contributed by atoms with E-state index in [1.807, 2.05) is 19.9 Å². The number of carbonyl (C=O) groups excluding carboxylic acids is 1. The molecule has 1 aromatic heterocycles. The molecule has 19 heavy (non-hydrogen) atoms. The molecule has 0 radical (unpaired) electrons. The molecule has 0 spiro atoms. The normalized spacial score (nSPS) is 12.2. The molecule has 0 fully saturated rings. The zero-order valence-corrected chi connectivity index (χ0v) is 12.2. The monoisotopic (exact) mass is 285 g/mol. The van der Waals surface area contributed by atoms with Gasteiger partial charge in [0.25, 0.3) is 5.91 Å². The van der Waals surface area contributed by atoms with Crippen LogP contribution < -0.4 is 5.32 Å². The van der Waals surface area contributed by atoms with Gasteiger partial charge in [-0.05, 0) is 25.0 Å². The van der Waals surface area contributed by atoms with Crippen molar-refractivity contribution in [3.05, 3.63) is 21.4 Å². The standard InChI is InChI=1S/C13H19NO4S/c1-4-9-5-11(19-8(9)2)13(17)14-7-10(18-3)6-12(15)16/h5,10H,4,6-7H2,1-3H3,(H,14,17)(H,15,16). The topological polar surface area (TPSA) is 75.6 Å². The van der Waals surface area contributed by atoms with E-state index >= 15 is 0 Å². The molecule has 0 aliphatic heterocycles. The van der Waals surface area contributed by atoms with E-state index in [1.165, 1.54) is 24.0 Å². The smallest absolute Gasteiger partial charge is 0.306 e. The first-order valence-corrected chi connectivity index (χ1v) is 6.91. The lowest BCUT2D eigenvalue weighted by molar-refractivity contribution is -0.139. The Bertz CT molecular complexity index is 455. The van der Waals surface area contributed by atoms with Crippen LogP contribution in [0.5, 0.6) is 0 Å². The Morgan fingerprint density at radius 1 is 1.53 bits per heavy atom. The summed E-state index contributed by atoms with van der Waals surface area (Å²) in [5.74, 6) is -1.12. The van der Waals surface area contributed by atoms with Gasteiger partial charge < -0.3 is 15.2 Å². The maximum Gasteiger partial charge on any atom is 0.306 e. The Morgan fingerprint density at radius 3 is 2.68 bits per heavy atom. The van der Waals surface area contributed by atoms with Gasteiger partial charge in [0, 0.05) is 18.5 Å². The Labute approximate surface area is 116 Å². The van der Waals surface area contributed by atoms with Crippen molar-refractivity contribution in [1.29, 1.82) is 0 Å². The average molecular weight is 285 g/mol. The third-order valence-corrected chi connectivity index (χ3v) is 3.94. The van der Waals surface area contributed by atoms with E-state index in [4.69, 9.17) is 9.84 Å². The third-order valence-electron chi connectivity index (χ3n) is 2.85. The van der Waals surface area contributed by atoms with Crippen LogP contribution in [0.1, 0.15) is 33.5 Å². The molecule has 0 saturated carbocycles. The number of carboxylic acids is 1. The number of ether oxygens (including phenoxy) is 1. The highest BCUT2D eigenvalue weighted by molar-refractivity contribution is 7.14. The van der Waals surface area contributed by atoms with Gasteiger partial charge in [-0.2, -0.15) is 0 Å². The quantitative estimate of drug-likeness (QED) is 0.801. The molecule has 0 bridgehead atoms. The maximum atomic E-state index is 11.9. The van der Waals surface area contributed by atoms with Crippen LogP contribution in [-0.2, 0) is 16.0 Å². The Hall–Kier alpha value is -1.40. The number of methoxy groups -OCH3 is 1. The van der Waals surface area contributed by atoms with Gasteiger partial charge in [0.05, 0.1) is 17.4 Å². The molecule has 0 aromatic carbocycles. The largest absolute Gasteiger partial charge is 0.481 e. The molecule has 1 rings (SSSR count). The summed E-state index contributed by atoms with van der Waals surface area (Å²) in [7, 11) is 1.43. The predicted octanol–water partition coefficient (Wildman–Crippen LogP) is 1.84. The van der Waals surface area contributed by atoms with E-state index in [0.29, 0.717) is 4.88 Å². The number of rotatable bonds is 7. The molecule has 0 aliphatic carbocycles. The Balaban J connectivity index is 2.56. The molecule has 1 heterocycles. The second kappa shape index (κ2) is 7.25. The molecule has 2 N–H and O–H groups in total. The van der Waals surface area contributed by atoms with Gasteiger partial charge in [0.2, 0.25) is 0 Å². The second-order valence-corrected chi connectivity index (χ2v) is 5.47. The van der Waals surface area contributed by atoms with Crippen LogP contribution in [-0.4, -0.2) is 36.7 Å². The summed E-state index contributed by atoms with van der Waals surface area (Å²) in [6, 6.07) is 1.88. The number of aliphatic carboxylic acids is 1. The van der Waals surface area contributed by atoms with Crippen molar-refractivity contribution in [3.63, 3.8) is 0 Å². The molecule has 1 atom stereocenters. The number of nitrogens with one attached hydrogen (secondary N) is 1. The number of carboxylic acid groups (broad SMARTS) is 1. The number of amides is 1. The average Bonchev–Trinajstić information content (AvgIpc) is 2.75. The van der Waals surface area contributed by atoms with Crippen LogP contribution in [0, 0.1) is 6.92 Å². The van der Waals surface area contributed by atoms with Crippen molar-refractivity contribution in [2.45, 2.75) is 32.8 Å². The first-order valence-electron chi connectivity index (χ1n) is 6.10. The van der Waals surface area contributed by atoms with Crippen molar-refractivity contribution < 1.29 is 19.4 Å². The minimum absolute atomic E-state index is 0.125. The highest BCUT2D eigenvalue weighted by Gasteiger charge is 2.16. The highest BCUT2D eigenvalue weighted by atomic mass is 32.1. The van der Waals surface area contributed by atoms with Crippen molar-refractivity contribution >= 4 is 23.2 Å². The number of aryl methyl sites for hydroxylation is 2. The maximum absolute atomic E-state index is 11.9. The van der Waals surface area contributed by atoms with Crippen molar-refractivity contribution in [2.24, 2.45) is 0 Å². The SMILES string of the molecule is CCc1cc(C(=O)NCC(CC(=O)O)OC)sc1C. The van der Waals surface area contributed by atoms with E-state index in [0.717, 1.165) is 11.3 Å². The van der Waals surface area contributed by atoms with Crippen LogP contribution in [0.15, 0.2) is 6.07 Å². The van der Waals surface area contributed by atoms with Gasteiger partial charge in [0.15, 0.2) is 0 Å². The van der Waals surface area contributed by atoms with Gasteiger partial charge in [-0.1, -0.05) is 6.92 Å². The molecule has 106 valence electrons. The second-order valence-electron chi connectivity index (χ2n) is 4.21. The van der Waals surface area contributed by atoms with Crippen LogP contribution in [0.4, 0.5) is 0 Å². The summed E-state index contributed by atoms with van der Waals surface area (Å²) in [5.41, 5.74) is 1.17. The molecular formula is C13H19NO4S. The third kappa shape index (κ3) is 4.65. The lowest BCUT2D eigenvalue weighted by atomic mass is 10.2. The minimum atomic E-state index is -0.943. The number of hydrogen-bond donors (Lipinski definition) is 2. The summed E-state index contributed by atoms with van der Waals surface area (Å²) < 4.78 is 5.01. The fourth-order valence-corrected chi connectivity index (χ4v) is 2.74. The Kier molecular flexibility index (Phi) is 5.98. The van der Waals surface area contributed by atoms with Crippen LogP contribution >= 0.6 is 11.3 Å². The Morgan fingerprint density at radius 2 is 2.21 bits per heavy atom.